The number of rotatable bonds is 6. The van der Waals surface area contributed by atoms with Gasteiger partial charge in [0.1, 0.15) is 5.75 Å². The van der Waals surface area contributed by atoms with E-state index in [4.69, 9.17) is 4.74 Å². The number of ether oxygens (including phenoxy) is 1. The lowest BCUT2D eigenvalue weighted by molar-refractivity contribution is 0.127. The van der Waals surface area contributed by atoms with E-state index in [1.165, 1.54) is 10.8 Å². The summed E-state index contributed by atoms with van der Waals surface area (Å²) >= 11 is 0. The summed E-state index contributed by atoms with van der Waals surface area (Å²) in [5, 5.41) is 12.0. The maximum Gasteiger partial charge on any atom is 0.127 e. The predicted molar refractivity (Wildman–Crippen MR) is 90.3 cm³/mol. The summed E-state index contributed by atoms with van der Waals surface area (Å²) < 4.78 is 5.98. The van der Waals surface area contributed by atoms with Gasteiger partial charge < -0.3 is 14.7 Å². The summed E-state index contributed by atoms with van der Waals surface area (Å²) in [6, 6.07) is 14.5. The Kier molecular flexibility index (Phi) is 4.96. The first-order valence-electron chi connectivity index (χ1n) is 8.25. The first-order chi connectivity index (χ1) is 10.7. The average Bonchev–Trinajstić information content (AvgIpc) is 3.01. The van der Waals surface area contributed by atoms with Crippen molar-refractivity contribution in [1.82, 2.24) is 4.90 Å². The molecule has 3 rings (SSSR count). The van der Waals surface area contributed by atoms with E-state index in [0.717, 1.165) is 44.8 Å². The van der Waals surface area contributed by atoms with Crippen LogP contribution >= 0.6 is 0 Å². The zero-order valence-corrected chi connectivity index (χ0v) is 13.2. The van der Waals surface area contributed by atoms with Crippen molar-refractivity contribution in [2.24, 2.45) is 5.92 Å². The van der Waals surface area contributed by atoms with Gasteiger partial charge in [-0.25, -0.2) is 0 Å². The van der Waals surface area contributed by atoms with Gasteiger partial charge in [0, 0.05) is 18.5 Å². The van der Waals surface area contributed by atoms with Gasteiger partial charge in [-0.05, 0) is 43.7 Å². The van der Waals surface area contributed by atoms with Crippen LogP contribution in [0.2, 0.25) is 0 Å². The molecule has 2 atom stereocenters. The van der Waals surface area contributed by atoms with Crippen LogP contribution in [-0.4, -0.2) is 42.4 Å². The number of aliphatic hydroxyl groups is 1. The van der Waals surface area contributed by atoms with Crippen LogP contribution in [0.1, 0.15) is 19.8 Å². The van der Waals surface area contributed by atoms with Crippen molar-refractivity contribution in [2.75, 3.05) is 26.2 Å². The minimum Gasteiger partial charge on any atom is -0.493 e. The lowest BCUT2D eigenvalue weighted by Gasteiger charge is -2.17. The molecule has 0 aliphatic carbocycles. The van der Waals surface area contributed by atoms with Crippen LogP contribution in [0.5, 0.6) is 5.75 Å². The van der Waals surface area contributed by atoms with Crippen LogP contribution in [0, 0.1) is 5.92 Å². The van der Waals surface area contributed by atoms with E-state index in [0.29, 0.717) is 5.92 Å². The van der Waals surface area contributed by atoms with Crippen LogP contribution < -0.4 is 4.74 Å². The normalized spacial score (nSPS) is 20.4. The third-order valence-electron chi connectivity index (χ3n) is 4.62. The van der Waals surface area contributed by atoms with E-state index in [1.807, 2.05) is 19.1 Å². The van der Waals surface area contributed by atoms with E-state index in [-0.39, 0.29) is 6.10 Å². The minimum absolute atomic E-state index is 0.183. The summed E-state index contributed by atoms with van der Waals surface area (Å²) in [5.74, 6) is 1.42. The van der Waals surface area contributed by atoms with Crippen LogP contribution in [-0.2, 0) is 0 Å². The van der Waals surface area contributed by atoms with Crippen molar-refractivity contribution in [2.45, 2.75) is 25.9 Å². The third kappa shape index (κ3) is 3.60. The molecule has 0 amide bonds. The molecule has 1 saturated heterocycles. The molecule has 0 radical (unpaired) electrons. The summed E-state index contributed by atoms with van der Waals surface area (Å²) in [4.78, 5) is 2.43. The molecule has 0 saturated carbocycles. The third-order valence-corrected chi connectivity index (χ3v) is 4.62. The van der Waals surface area contributed by atoms with Crippen molar-refractivity contribution in [3.8, 4) is 5.75 Å². The SMILES string of the molecule is CC(O)C1CCN(CCCOc2cccc3ccccc23)C1. The molecule has 1 N–H and O–H groups in total. The first-order valence-corrected chi connectivity index (χ1v) is 8.25. The van der Waals surface area contributed by atoms with Crippen molar-refractivity contribution in [3.63, 3.8) is 0 Å². The van der Waals surface area contributed by atoms with E-state index < -0.39 is 0 Å². The Bertz CT molecular complexity index is 606. The molecule has 1 heterocycles. The summed E-state index contributed by atoms with van der Waals surface area (Å²) in [7, 11) is 0. The number of benzene rings is 2. The summed E-state index contributed by atoms with van der Waals surface area (Å²) in [6.45, 7) is 5.81. The van der Waals surface area contributed by atoms with E-state index in [1.54, 1.807) is 0 Å². The highest BCUT2D eigenvalue weighted by Crippen LogP contribution is 2.25. The van der Waals surface area contributed by atoms with Gasteiger partial charge in [-0.3, -0.25) is 0 Å². The van der Waals surface area contributed by atoms with Crippen molar-refractivity contribution in [1.29, 1.82) is 0 Å². The van der Waals surface area contributed by atoms with Gasteiger partial charge in [-0.2, -0.15) is 0 Å². The first kappa shape index (κ1) is 15.3. The second kappa shape index (κ2) is 7.12. The highest BCUT2D eigenvalue weighted by molar-refractivity contribution is 5.88. The lowest BCUT2D eigenvalue weighted by Crippen LogP contribution is -2.26. The zero-order valence-electron chi connectivity index (χ0n) is 13.2. The van der Waals surface area contributed by atoms with Crippen molar-refractivity contribution in [3.05, 3.63) is 42.5 Å². The smallest absolute Gasteiger partial charge is 0.127 e. The Balaban J connectivity index is 1.47. The number of fused-ring (bicyclic) bond motifs is 1. The van der Waals surface area contributed by atoms with E-state index in [9.17, 15) is 5.11 Å². The average molecular weight is 299 g/mol. The second-order valence-corrected chi connectivity index (χ2v) is 6.27. The number of hydrogen-bond acceptors (Lipinski definition) is 3. The van der Waals surface area contributed by atoms with Crippen molar-refractivity contribution >= 4 is 10.8 Å². The van der Waals surface area contributed by atoms with Crippen LogP contribution in [0.4, 0.5) is 0 Å². The molecule has 1 aliphatic heterocycles. The molecule has 2 unspecified atom stereocenters. The fraction of sp³-hybridized carbons (Fsp3) is 0.474. The molecular weight excluding hydrogens is 274 g/mol. The number of nitrogens with zero attached hydrogens (tertiary/aromatic N) is 1. The molecule has 0 bridgehead atoms. The molecule has 0 spiro atoms. The molecular formula is C19H25NO2. The van der Waals surface area contributed by atoms with Gasteiger partial charge in [-0.1, -0.05) is 36.4 Å². The Morgan fingerprint density at radius 3 is 2.86 bits per heavy atom. The number of likely N-dealkylation sites (tertiary alicyclic amines) is 1. The molecule has 1 aliphatic rings. The topological polar surface area (TPSA) is 32.7 Å². The standard InChI is InChI=1S/C19H25NO2/c1-15(21)17-10-12-20(14-17)11-5-13-22-19-9-4-7-16-6-2-3-8-18(16)19/h2-4,6-9,15,17,21H,5,10-14H2,1H3. The molecule has 2 aromatic carbocycles. The number of aliphatic hydroxyl groups excluding tert-OH is 1. The van der Waals surface area contributed by atoms with Crippen LogP contribution in [0.15, 0.2) is 42.5 Å². The van der Waals surface area contributed by atoms with Crippen LogP contribution in [0.3, 0.4) is 0 Å². The summed E-state index contributed by atoms with van der Waals surface area (Å²) in [5.41, 5.74) is 0. The Hall–Kier alpha value is -1.58. The summed E-state index contributed by atoms with van der Waals surface area (Å²) in [6.07, 6.45) is 1.95. The highest BCUT2D eigenvalue weighted by Gasteiger charge is 2.25. The quantitative estimate of drug-likeness (QED) is 0.831. The minimum atomic E-state index is -0.183. The van der Waals surface area contributed by atoms with Crippen molar-refractivity contribution < 1.29 is 9.84 Å². The maximum absolute atomic E-state index is 9.64. The molecule has 1 fully saturated rings. The Labute approximate surface area is 132 Å². The van der Waals surface area contributed by atoms with Gasteiger partial charge in [0.05, 0.1) is 12.7 Å². The zero-order chi connectivity index (χ0) is 15.4. The van der Waals surface area contributed by atoms with Crippen LogP contribution in [0.25, 0.3) is 10.8 Å². The molecule has 2 aromatic rings. The van der Waals surface area contributed by atoms with E-state index in [2.05, 4.69) is 35.2 Å². The van der Waals surface area contributed by atoms with Gasteiger partial charge in [0.25, 0.3) is 0 Å². The molecule has 3 heteroatoms. The maximum atomic E-state index is 9.64. The molecule has 0 aromatic heterocycles. The lowest BCUT2D eigenvalue weighted by atomic mass is 10.0. The van der Waals surface area contributed by atoms with Gasteiger partial charge in [0.2, 0.25) is 0 Å². The highest BCUT2D eigenvalue weighted by atomic mass is 16.5. The predicted octanol–water partition coefficient (Wildman–Crippen LogP) is 3.31. The van der Waals surface area contributed by atoms with Gasteiger partial charge in [0.15, 0.2) is 0 Å². The molecule has 118 valence electrons. The fourth-order valence-electron chi connectivity index (χ4n) is 3.25. The largest absolute Gasteiger partial charge is 0.493 e. The van der Waals surface area contributed by atoms with Gasteiger partial charge >= 0.3 is 0 Å². The van der Waals surface area contributed by atoms with E-state index >= 15 is 0 Å². The fourth-order valence-corrected chi connectivity index (χ4v) is 3.25. The molecule has 22 heavy (non-hydrogen) atoms. The Morgan fingerprint density at radius 1 is 1.23 bits per heavy atom. The van der Waals surface area contributed by atoms with Gasteiger partial charge in [-0.15, -0.1) is 0 Å². The molecule has 3 nitrogen and oxygen atoms in total. The second-order valence-electron chi connectivity index (χ2n) is 6.27. The number of hydrogen-bond donors (Lipinski definition) is 1. The Morgan fingerprint density at radius 2 is 2.05 bits per heavy atom. The monoisotopic (exact) mass is 299 g/mol.